The highest BCUT2D eigenvalue weighted by atomic mass is 35.5. The zero-order chi connectivity index (χ0) is 12.0. The predicted molar refractivity (Wildman–Crippen MR) is 64.1 cm³/mol. The first-order valence-electron chi connectivity index (χ1n) is 4.76. The van der Waals surface area contributed by atoms with Crippen LogP contribution in [0.1, 0.15) is 18.9 Å². The van der Waals surface area contributed by atoms with Crippen LogP contribution in [0.25, 0.3) is 0 Å². The Morgan fingerprint density at radius 3 is 2.56 bits per heavy atom. The molecule has 0 unspecified atom stereocenters. The number of hydrazone groups is 1. The van der Waals surface area contributed by atoms with Gasteiger partial charge in [0.05, 0.1) is 5.71 Å². The molecule has 0 aliphatic heterocycles. The maximum Gasteiger partial charge on any atom is 0.349 e. The van der Waals surface area contributed by atoms with Crippen molar-refractivity contribution < 1.29 is 4.79 Å². The first kappa shape index (κ1) is 12.5. The normalized spacial score (nSPS) is 11.1. The molecule has 4 N–H and O–H groups in total. The predicted octanol–water partition coefficient (Wildman–Crippen LogP) is 1.63. The number of halogens is 1. The quantitative estimate of drug-likeness (QED) is 0.325. The summed E-state index contributed by atoms with van der Waals surface area (Å²) in [5.41, 5.74) is 5.86. The van der Waals surface area contributed by atoms with Crippen LogP contribution in [-0.4, -0.2) is 11.7 Å². The van der Waals surface area contributed by atoms with Gasteiger partial charge in [-0.2, -0.15) is 5.10 Å². The molecule has 0 bridgehead atoms. The number of hydrogen-bond donors (Lipinski definition) is 3. The van der Waals surface area contributed by atoms with Crippen molar-refractivity contribution in [2.24, 2.45) is 10.9 Å². The number of nitrogens with one attached hydrogen (secondary N) is 2. The zero-order valence-corrected chi connectivity index (χ0v) is 9.58. The largest absolute Gasteiger partial charge is 0.349 e. The summed E-state index contributed by atoms with van der Waals surface area (Å²) in [4.78, 5) is 10.8. The Kier molecular flexibility index (Phi) is 4.75. The highest BCUT2D eigenvalue weighted by Gasteiger charge is 2.02. The van der Waals surface area contributed by atoms with Gasteiger partial charge >= 0.3 is 6.03 Å². The standard InChI is InChI=1S/C10H13ClN4O/c1-2-9(14-15-10(16)13-12)7-3-5-8(11)6-4-7/h3-6H,2,12H2,1H3,(H2,13,15,16). The van der Waals surface area contributed by atoms with Gasteiger partial charge in [-0.15, -0.1) is 0 Å². The van der Waals surface area contributed by atoms with Crippen LogP contribution >= 0.6 is 11.6 Å². The number of hydrogen-bond acceptors (Lipinski definition) is 3. The van der Waals surface area contributed by atoms with E-state index < -0.39 is 6.03 Å². The van der Waals surface area contributed by atoms with Gasteiger partial charge in [0.2, 0.25) is 0 Å². The maximum atomic E-state index is 10.8. The first-order chi connectivity index (χ1) is 7.67. The Bertz CT molecular complexity index is 388. The van der Waals surface area contributed by atoms with Gasteiger partial charge in [-0.3, -0.25) is 5.43 Å². The van der Waals surface area contributed by atoms with Gasteiger partial charge in [0.25, 0.3) is 0 Å². The Labute approximate surface area is 98.6 Å². The van der Waals surface area contributed by atoms with E-state index in [2.05, 4.69) is 10.5 Å². The summed E-state index contributed by atoms with van der Waals surface area (Å²) in [5.74, 6) is 4.91. The van der Waals surface area contributed by atoms with Crippen LogP contribution in [0.15, 0.2) is 29.4 Å². The molecule has 0 radical (unpaired) electrons. The third kappa shape index (κ3) is 3.52. The van der Waals surface area contributed by atoms with Crippen molar-refractivity contribution in [3.05, 3.63) is 34.9 Å². The number of rotatable bonds is 3. The third-order valence-corrected chi connectivity index (χ3v) is 2.19. The second-order valence-corrected chi connectivity index (χ2v) is 3.44. The number of amides is 2. The first-order valence-corrected chi connectivity index (χ1v) is 5.14. The van der Waals surface area contributed by atoms with Crippen LogP contribution in [0.5, 0.6) is 0 Å². The van der Waals surface area contributed by atoms with Gasteiger partial charge in [0, 0.05) is 5.02 Å². The van der Waals surface area contributed by atoms with Crippen LogP contribution in [0.3, 0.4) is 0 Å². The van der Waals surface area contributed by atoms with Crippen molar-refractivity contribution in [2.45, 2.75) is 13.3 Å². The Morgan fingerprint density at radius 2 is 2.06 bits per heavy atom. The molecule has 0 spiro atoms. The summed E-state index contributed by atoms with van der Waals surface area (Å²) < 4.78 is 0. The monoisotopic (exact) mass is 240 g/mol. The average Bonchev–Trinajstić information content (AvgIpc) is 2.31. The van der Waals surface area contributed by atoms with E-state index in [4.69, 9.17) is 17.4 Å². The minimum absolute atomic E-state index is 0.556. The van der Waals surface area contributed by atoms with Crippen molar-refractivity contribution in [1.82, 2.24) is 10.9 Å². The SMILES string of the molecule is CCC(=NNC(=O)NN)c1ccc(Cl)cc1. The van der Waals surface area contributed by atoms with Gasteiger partial charge in [0.15, 0.2) is 0 Å². The molecule has 0 saturated carbocycles. The fourth-order valence-electron chi connectivity index (χ4n) is 1.14. The lowest BCUT2D eigenvalue weighted by Crippen LogP contribution is -2.37. The van der Waals surface area contributed by atoms with Crippen LogP contribution in [0.4, 0.5) is 4.79 Å². The van der Waals surface area contributed by atoms with E-state index in [0.29, 0.717) is 11.4 Å². The number of carbonyl (C=O) groups excluding carboxylic acids is 1. The zero-order valence-electron chi connectivity index (χ0n) is 8.83. The number of nitrogens with zero attached hydrogens (tertiary/aromatic N) is 1. The Balaban J connectivity index is 2.81. The second kappa shape index (κ2) is 6.09. The molecule has 1 aromatic carbocycles. The summed E-state index contributed by atoms with van der Waals surface area (Å²) in [7, 11) is 0. The second-order valence-electron chi connectivity index (χ2n) is 3.00. The molecule has 0 aromatic heterocycles. The molecule has 6 heteroatoms. The molecule has 0 saturated heterocycles. The van der Waals surface area contributed by atoms with Gasteiger partial charge in [-0.1, -0.05) is 30.7 Å². The fraction of sp³-hybridized carbons (Fsp3) is 0.200. The molecule has 5 nitrogen and oxygen atoms in total. The van der Waals surface area contributed by atoms with Crippen LogP contribution in [0.2, 0.25) is 5.02 Å². The van der Waals surface area contributed by atoms with E-state index in [1.807, 2.05) is 24.5 Å². The minimum atomic E-state index is -0.556. The fourth-order valence-corrected chi connectivity index (χ4v) is 1.27. The summed E-state index contributed by atoms with van der Waals surface area (Å²) in [5, 5.41) is 4.60. The lowest BCUT2D eigenvalue weighted by atomic mass is 10.1. The van der Waals surface area contributed by atoms with E-state index in [9.17, 15) is 4.79 Å². The summed E-state index contributed by atoms with van der Waals surface area (Å²) in [6.07, 6.45) is 0.687. The van der Waals surface area contributed by atoms with E-state index in [1.54, 1.807) is 12.1 Å². The van der Waals surface area contributed by atoms with Crippen molar-refractivity contribution in [3.8, 4) is 0 Å². The molecular weight excluding hydrogens is 228 g/mol. The Hall–Kier alpha value is -1.59. The molecule has 0 aliphatic rings. The Morgan fingerprint density at radius 1 is 1.44 bits per heavy atom. The third-order valence-electron chi connectivity index (χ3n) is 1.94. The van der Waals surface area contributed by atoms with Crippen LogP contribution in [-0.2, 0) is 0 Å². The highest BCUT2D eigenvalue weighted by Crippen LogP contribution is 2.11. The molecule has 0 heterocycles. The van der Waals surface area contributed by atoms with Gasteiger partial charge in [0.1, 0.15) is 0 Å². The number of nitrogens with two attached hydrogens (primary N) is 1. The topological polar surface area (TPSA) is 79.5 Å². The molecule has 16 heavy (non-hydrogen) atoms. The highest BCUT2D eigenvalue weighted by molar-refractivity contribution is 6.30. The molecule has 1 rings (SSSR count). The molecule has 0 fully saturated rings. The van der Waals surface area contributed by atoms with Crippen molar-refractivity contribution >= 4 is 23.3 Å². The smallest absolute Gasteiger partial charge is 0.274 e. The number of urea groups is 1. The number of hydrazine groups is 1. The van der Waals surface area contributed by atoms with E-state index in [0.717, 1.165) is 11.3 Å². The summed E-state index contributed by atoms with van der Waals surface area (Å²) in [6.45, 7) is 1.94. The lowest BCUT2D eigenvalue weighted by molar-refractivity contribution is 0.241. The molecule has 0 atom stereocenters. The van der Waals surface area contributed by atoms with Crippen LogP contribution < -0.4 is 16.7 Å². The molecular formula is C10H13ClN4O. The van der Waals surface area contributed by atoms with Gasteiger partial charge in [-0.05, 0) is 24.1 Å². The molecule has 1 aromatic rings. The average molecular weight is 241 g/mol. The van der Waals surface area contributed by atoms with Crippen molar-refractivity contribution in [3.63, 3.8) is 0 Å². The van der Waals surface area contributed by atoms with Gasteiger partial charge in [-0.25, -0.2) is 16.1 Å². The van der Waals surface area contributed by atoms with Crippen molar-refractivity contribution in [2.75, 3.05) is 0 Å². The van der Waals surface area contributed by atoms with E-state index in [1.165, 1.54) is 0 Å². The number of carbonyl (C=O) groups is 1. The number of benzene rings is 1. The summed E-state index contributed by atoms with van der Waals surface area (Å²) in [6, 6.07) is 6.66. The lowest BCUT2D eigenvalue weighted by Gasteiger charge is -2.04. The molecule has 2 amide bonds. The minimum Gasteiger partial charge on any atom is -0.274 e. The van der Waals surface area contributed by atoms with Crippen molar-refractivity contribution in [1.29, 1.82) is 0 Å². The van der Waals surface area contributed by atoms with Gasteiger partial charge < -0.3 is 0 Å². The molecule has 0 aliphatic carbocycles. The van der Waals surface area contributed by atoms with E-state index >= 15 is 0 Å². The maximum absolute atomic E-state index is 10.8. The molecule has 86 valence electrons. The summed E-state index contributed by atoms with van der Waals surface area (Å²) >= 11 is 5.77. The van der Waals surface area contributed by atoms with Crippen LogP contribution in [0, 0.1) is 0 Å². The van der Waals surface area contributed by atoms with E-state index in [-0.39, 0.29) is 0 Å².